The average Bonchev–Trinajstić information content (AvgIpc) is 2.79. The van der Waals surface area contributed by atoms with Gasteiger partial charge in [0.15, 0.2) is 0 Å². The smallest absolute Gasteiger partial charge is 0.311 e. The Bertz CT molecular complexity index is 704. The van der Waals surface area contributed by atoms with Gasteiger partial charge in [-0.3, -0.25) is 9.48 Å². The maximum absolute atomic E-state index is 12.4. The van der Waals surface area contributed by atoms with E-state index in [4.69, 9.17) is 0 Å². The van der Waals surface area contributed by atoms with E-state index >= 15 is 0 Å². The Morgan fingerprint density at radius 2 is 2.00 bits per heavy atom. The lowest BCUT2D eigenvalue weighted by atomic mass is 9.87. The van der Waals surface area contributed by atoms with Gasteiger partial charge < -0.3 is 5.32 Å². The summed E-state index contributed by atoms with van der Waals surface area (Å²) in [7, 11) is 1.73. The molecule has 0 saturated carbocycles. The van der Waals surface area contributed by atoms with Crippen molar-refractivity contribution in [2.45, 2.75) is 24.9 Å². The van der Waals surface area contributed by atoms with Crippen molar-refractivity contribution < 1.29 is 18.0 Å². The standard InChI is InChI=1S/C15H14F3N3O/c1-21-14-12(8-19-21)11(6-13(22)20-14)10-4-2-9(3-5-10)7-15(16,17)18/h2-5,8,11H,6-7H2,1H3,(H,20,22). The number of hydrogen-bond acceptors (Lipinski definition) is 2. The zero-order valence-corrected chi connectivity index (χ0v) is 11.8. The molecular formula is C15H14F3N3O. The molecule has 2 aromatic rings. The van der Waals surface area contributed by atoms with Crippen LogP contribution >= 0.6 is 0 Å². The first kappa shape index (κ1) is 14.6. The number of aryl methyl sites for hydroxylation is 1. The second kappa shape index (κ2) is 5.15. The van der Waals surface area contributed by atoms with Crippen LogP contribution in [0.4, 0.5) is 19.0 Å². The highest BCUT2D eigenvalue weighted by Crippen LogP contribution is 2.36. The Morgan fingerprint density at radius 3 is 2.64 bits per heavy atom. The zero-order chi connectivity index (χ0) is 15.9. The van der Waals surface area contributed by atoms with Gasteiger partial charge in [0.2, 0.25) is 5.91 Å². The van der Waals surface area contributed by atoms with Gasteiger partial charge in [-0.25, -0.2) is 0 Å². The summed E-state index contributed by atoms with van der Waals surface area (Å²) in [6, 6.07) is 6.24. The molecule has 3 rings (SSSR count). The molecule has 22 heavy (non-hydrogen) atoms. The van der Waals surface area contributed by atoms with E-state index in [0.717, 1.165) is 11.1 Å². The predicted molar refractivity (Wildman–Crippen MR) is 74.5 cm³/mol. The molecule has 1 aliphatic heterocycles. The zero-order valence-electron chi connectivity index (χ0n) is 11.8. The summed E-state index contributed by atoms with van der Waals surface area (Å²) in [6.07, 6.45) is -3.22. The van der Waals surface area contributed by atoms with E-state index in [1.54, 1.807) is 30.1 Å². The molecule has 4 nitrogen and oxygen atoms in total. The molecule has 1 atom stereocenters. The lowest BCUT2D eigenvalue weighted by Crippen LogP contribution is -2.24. The molecule has 0 aliphatic carbocycles. The van der Waals surface area contributed by atoms with E-state index in [2.05, 4.69) is 10.4 Å². The highest BCUT2D eigenvalue weighted by atomic mass is 19.4. The summed E-state index contributed by atoms with van der Waals surface area (Å²) in [4.78, 5) is 11.8. The summed E-state index contributed by atoms with van der Waals surface area (Å²) >= 11 is 0. The third-order valence-corrected chi connectivity index (χ3v) is 3.78. The average molecular weight is 309 g/mol. The van der Waals surface area contributed by atoms with Crippen LogP contribution < -0.4 is 5.32 Å². The van der Waals surface area contributed by atoms with Crippen molar-refractivity contribution >= 4 is 11.7 Å². The molecule has 1 N–H and O–H groups in total. The number of alkyl halides is 3. The quantitative estimate of drug-likeness (QED) is 0.927. The lowest BCUT2D eigenvalue weighted by molar-refractivity contribution is -0.127. The molecule has 0 saturated heterocycles. The summed E-state index contributed by atoms with van der Waals surface area (Å²) in [6.45, 7) is 0. The summed E-state index contributed by atoms with van der Waals surface area (Å²) in [5, 5.41) is 6.89. The fraction of sp³-hybridized carbons (Fsp3) is 0.333. The molecule has 0 radical (unpaired) electrons. The Kier molecular flexibility index (Phi) is 3.42. The van der Waals surface area contributed by atoms with E-state index in [-0.39, 0.29) is 23.8 Å². The Hall–Kier alpha value is -2.31. The van der Waals surface area contributed by atoms with Gasteiger partial charge in [0.25, 0.3) is 0 Å². The number of hydrogen-bond donors (Lipinski definition) is 1. The lowest BCUT2D eigenvalue weighted by Gasteiger charge is -2.23. The second-order valence-electron chi connectivity index (χ2n) is 5.41. The number of anilines is 1. The Morgan fingerprint density at radius 1 is 1.32 bits per heavy atom. The van der Waals surface area contributed by atoms with Crippen molar-refractivity contribution in [2.24, 2.45) is 7.05 Å². The van der Waals surface area contributed by atoms with Crippen LogP contribution in [-0.4, -0.2) is 21.9 Å². The van der Waals surface area contributed by atoms with E-state index in [9.17, 15) is 18.0 Å². The Balaban J connectivity index is 1.90. The molecule has 116 valence electrons. The second-order valence-corrected chi connectivity index (χ2v) is 5.41. The van der Waals surface area contributed by atoms with Crippen molar-refractivity contribution in [1.29, 1.82) is 0 Å². The number of fused-ring (bicyclic) bond motifs is 1. The van der Waals surface area contributed by atoms with Crippen LogP contribution in [0.5, 0.6) is 0 Å². The number of carbonyl (C=O) groups excluding carboxylic acids is 1. The van der Waals surface area contributed by atoms with Crippen molar-refractivity contribution in [3.63, 3.8) is 0 Å². The Labute approximate surface area is 124 Å². The fourth-order valence-corrected chi connectivity index (χ4v) is 2.74. The number of rotatable bonds is 2. The third-order valence-electron chi connectivity index (χ3n) is 3.78. The van der Waals surface area contributed by atoms with Crippen LogP contribution in [0, 0.1) is 0 Å². The molecule has 2 heterocycles. The number of nitrogens with one attached hydrogen (secondary N) is 1. The van der Waals surface area contributed by atoms with Crippen molar-refractivity contribution in [2.75, 3.05) is 5.32 Å². The topological polar surface area (TPSA) is 46.9 Å². The van der Waals surface area contributed by atoms with Crippen molar-refractivity contribution in [1.82, 2.24) is 9.78 Å². The largest absolute Gasteiger partial charge is 0.393 e. The van der Waals surface area contributed by atoms with E-state index in [0.29, 0.717) is 5.82 Å². The van der Waals surface area contributed by atoms with Gasteiger partial charge in [-0.15, -0.1) is 0 Å². The number of benzene rings is 1. The van der Waals surface area contributed by atoms with Gasteiger partial charge in [0.1, 0.15) is 5.82 Å². The van der Waals surface area contributed by atoms with E-state index in [1.165, 1.54) is 12.1 Å². The minimum Gasteiger partial charge on any atom is -0.311 e. The number of nitrogens with zero attached hydrogens (tertiary/aromatic N) is 2. The van der Waals surface area contributed by atoms with Gasteiger partial charge in [0.05, 0.1) is 12.6 Å². The molecule has 1 amide bonds. The van der Waals surface area contributed by atoms with Gasteiger partial charge in [-0.2, -0.15) is 18.3 Å². The van der Waals surface area contributed by atoms with Crippen LogP contribution in [0.1, 0.15) is 29.0 Å². The maximum atomic E-state index is 12.4. The number of amides is 1. The molecule has 0 fully saturated rings. The molecule has 7 heteroatoms. The van der Waals surface area contributed by atoms with Crippen molar-refractivity contribution in [3.05, 3.63) is 47.2 Å². The molecular weight excluding hydrogens is 295 g/mol. The van der Waals surface area contributed by atoms with Crippen LogP contribution in [0.3, 0.4) is 0 Å². The first-order valence-corrected chi connectivity index (χ1v) is 6.81. The van der Waals surface area contributed by atoms with Crippen molar-refractivity contribution in [3.8, 4) is 0 Å². The fourth-order valence-electron chi connectivity index (χ4n) is 2.74. The number of carbonyl (C=O) groups is 1. The van der Waals surface area contributed by atoms with Gasteiger partial charge in [0, 0.05) is 24.9 Å². The highest BCUT2D eigenvalue weighted by molar-refractivity contribution is 5.94. The maximum Gasteiger partial charge on any atom is 0.393 e. The normalized spacial score (nSPS) is 18.0. The summed E-state index contributed by atoms with van der Waals surface area (Å²) in [5.74, 6) is 0.332. The van der Waals surface area contributed by atoms with Gasteiger partial charge in [-0.05, 0) is 11.1 Å². The molecule has 1 aromatic heterocycles. The van der Waals surface area contributed by atoms with Crippen LogP contribution in [0.15, 0.2) is 30.5 Å². The third kappa shape index (κ3) is 2.84. The molecule has 0 bridgehead atoms. The minimum absolute atomic E-state index is 0.125. The molecule has 1 unspecified atom stereocenters. The molecule has 0 spiro atoms. The summed E-state index contributed by atoms with van der Waals surface area (Å²) < 4.78 is 38.7. The first-order chi connectivity index (χ1) is 10.3. The van der Waals surface area contributed by atoms with Gasteiger partial charge >= 0.3 is 6.18 Å². The van der Waals surface area contributed by atoms with E-state index in [1.807, 2.05) is 0 Å². The van der Waals surface area contributed by atoms with Crippen LogP contribution in [0.25, 0.3) is 0 Å². The molecule has 1 aliphatic rings. The van der Waals surface area contributed by atoms with Crippen LogP contribution in [0.2, 0.25) is 0 Å². The SMILES string of the molecule is Cn1ncc2c1NC(=O)CC2c1ccc(CC(F)(F)F)cc1. The number of halogens is 3. The minimum atomic E-state index is -4.22. The summed E-state index contributed by atoms with van der Waals surface area (Å²) in [5.41, 5.74) is 1.91. The monoisotopic (exact) mass is 309 g/mol. The van der Waals surface area contributed by atoms with E-state index < -0.39 is 12.6 Å². The first-order valence-electron chi connectivity index (χ1n) is 6.81. The predicted octanol–water partition coefficient (Wildman–Crippen LogP) is 3.00. The highest BCUT2D eigenvalue weighted by Gasteiger charge is 2.30. The van der Waals surface area contributed by atoms with Gasteiger partial charge in [-0.1, -0.05) is 24.3 Å². The number of aromatic nitrogens is 2. The molecule has 1 aromatic carbocycles. The van der Waals surface area contributed by atoms with Crippen LogP contribution in [-0.2, 0) is 18.3 Å².